The third kappa shape index (κ3) is 5.10. The highest BCUT2D eigenvalue weighted by Gasteiger charge is 2.34. The maximum absolute atomic E-state index is 13.5. The lowest BCUT2D eigenvalue weighted by molar-refractivity contribution is -0.119. The number of aromatic nitrogens is 5. The molecule has 3 aromatic rings. The Kier molecular flexibility index (Phi) is 6.61. The van der Waals surface area contributed by atoms with Gasteiger partial charge in [-0.15, -0.1) is 21.5 Å². The molecule has 0 aromatic carbocycles. The molecule has 0 bridgehead atoms. The Balaban J connectivity index is 1.42. The molecule has 186 valence electrons. The Morgan fingerprint density at radius 1 is 1.26 bits per heavy atom. The van der Waals surface area contributed by atoms with E-state index < -0.39 is 0 Å². The summed E-state index contributed by atoms with van der Waals surface area (Å²) >= 11 is 1.70. The van der Waals surface area contributed by atoms with Gasteiger partial charge in [-0.05, 0) is 56.9 Å². The van der Waals surface area contributed by atoms with Crippen molar-refractivity contribution in [1.29, 1.82) is 0 Å². The molecule has 1 fully saturated rings. The van der Waals surface area contributed by atoms with Crippen LogP contribution in [0.1, 0.15) is 83.4 Å². The number of ketones is 2. The van der Waals surface area contributed by atoms with E-state index in [0.717, 1.165) is 66.0 Å². The SMILES string of the molecule is Cc1cc(Nc2nncn2[C@@H]2CCc3sc(CC(=O)C4CC4)c(C(=O)CCC(C)C)c3C2)n(C)n1. The number of thiophene rings is 1. The van der Waals surface area contributed by atoms with Crippen molar-refractivity contribution in [3.8, 4) is 0 Å². The van der Waals surface area contributed by atoms with E-state index in [1.54, 1.807) is 22.3 Å². The number of nitrogens with zero attached hydrogens (tertiary/aromatic N) is 5. The fourth-order valence-electron chi connectivity index (χ4n) is 5.00. The van der Waals surface area contributed by atoms with Gasteiger partial charge in [0.1, 0.15) is 17.9 Å². The second-order valence-electron chi connectivity index (χ2n) is 10.5. The van der Waals surface area contributed by atoms with Gasteiger partial charge in [0.2, 0.25) is 5.95 Å². The number of hydrogen-bond acceptors (Lipinski definition) is 7. The quantitative estimate of drug-likeness (QED) is 0.399. The Bertz CT molecular complexity index is 1250. The molecule has 8 nitrogen and oxygen atoms in total. The highest BCUT2D eigenvalue weighted by Crippen LogP contribution is 2.41. The zero-order chi connectivity index (χ0) is 24.7. The summed E-state index contributed by atoms with van der Waals surface area (Å²) in [4.78, 5) is 28.4. The van der Waals surface area contributed by atoms with Gasteiger partial charge in [-0.1, -0.05) is 13.8 Å². The number of carbonyl (C=O) groups is 2. The van der Waals surface area contributed by atoms with Crippen LogP contribution in [0.25, 0.3) is 0 Å². The predicted molar refractivity (Wildman–Crippen MR) is 136 cm³/mol. The summed E-state index contributed by atoms with van der Waals surface area (Å²) in [7, 11) is 1.90. The summed E-state index contributed by atoms with van der Waals surface area (Å²) in [6.45, 7) is 6.25. The van der Waals surface area contributed by atoms with Crippen molar-refractivity contribution >= 4 is 34.7 Å². The third-order valence-electron chi connectivity index (χ3n) is 7.11. The lowest BCUT2D eigenvalue weighted by Gasteiger charge is -2.25. The summed E-state index contributed by atoms with van der Waals surface area (Å²) in [6, 6.07) is 2.12. The summed E-state index contributed by atoms with van der Waals surface area (Å²) in [5.41, 5.74) is 2.92. The number of fused-ring (bicyclic) bond motifs is 1. The molecule has 2 aliphatic carbocycles. The lowest BCUT2D eigenvalue weighted by atomic mass is 9.87. The second kappa shape index (κ2) is 9.68. The molecule has 9 heteroatoms. The molecular weight excluding hydrogens is 460 g/mol. The van der Waals surface area contributed by atoms with Crippen molar-refractivity contribution in [2.24, 2.45) is 18.9 Å². The van der Waals surface area contributed by atoms with Crippen molar-refractivity contribution in [3.63, 3.8) is 0 Å². The first-order chi connectivity index (χ1) is 16.8. The van der Waals surface area contributed by atoms with Crippen molar-refractivity contribution in [2.75, 3.05) is 5.32 Å². The molecule has 3 aromatic heterocycles. The summed E-state index contributed by atoms with van der Waals surface area (Å²) in [5, 5.41) is 16.3. The maximum atomic E-state index is 13.5. The standard InChI is InChI=1S/C26H34N6O2S/c1-15(2)5-9-20(33)25-19-12-18(8-10-22(19)35-23(25)13-21(34)17-6-7-17)32-14-27-29-26(32)28-24-11-16(3)30-31(24)4/h11,14-15,17-18H,5-10,12-13H2,1-4H3,(H,28,29)/t18-/m1/s1. The molecule has 1 N–H and O–H groups in total. The van der Waals surface area contributed by atoms with Crippen LogP contribution < -0.4 is 5.32 Å². The van der Waals surface area contributed by atoms with E-state index in [2.05, 4.69) is 39.0 Å². The van der Waals surface area contributed by atoms with E-state index >= 15 is 0 Å². The zero-order valence-electron chi connectivity index (χ0n) is 21.0. The van der Waals surface area contributed by atoms with E-state index in [1.165, 1.54) is 4.88 Å². The highest BCUT2D eigenvalue weighted by molar-refractivity contribution is 7.12. The van der Waals surface area contributed by atoms with Crippen molar-refractivity contribution < 1.29 is 9.59 Å². The topological polar surface area (TPSA) is 94.7 Å². The largest absolute Gasteiger partial charge is 0.309 e. The van der Waals surface area contributed by atoms with Crippen LogP contribution in [0.2, 0.25) is 0 Å². The van der Waals surface area contributed by atoms with E-state index in [4.69, 9.17) is 0 Å². The highest BCUT2D eigenvalue weighted by atomic mass is 32.1. The van der Waals surface area contributed by atoms with Crippen LogP contribution in [-0.2, 0) is 31.1 Å². The number of Topliss-reactive ketones (excluding diaryl/α,β-unsaturated/α-hetero) is 2. The van der Waals surface area contributed by atoms with Crippen LogP contribution in [0.4, 0.5) is 11.8 Å². The maximum Gasteiger partial charge on any atom is 0.230 e. The summed E-state index contributed by atoms with van der Waals surface area (Å²) < 4.78 is 3.88. The molecule has 1 atom stereocenters. The molecule has 0 spiro atoms. The van der Waals surface area contributed by atoms with E-state index in [-0.39, 0.29) is 17.7 Å². The van der Waals surface area contributed by atoms with Gasteiger partial charge in [0.05, 0.1) is 5.69 Å². The van der Waals surface area contributed by atoms with Gasteiger partial charge >= 0.3 is 0 Å². The smallest absolute Gasteiger partial charge is 0.230 e. The molecule has 0 aliphatic heterocycles. The van der Waals surface area contributed by atoms with E-state index in [9.17, 15) is 9.59 Å². The van der Waals surface area contributed by atoms with Crippen molar-refractivity contribution in [1.82, 2.24) is 24.5 Å². The monoisotopic (exact) mass is 494 g/mol. The molecule has 0 saturated heterocycles. The van der Waals surface area contributed by atoms with Crippen molar-refractivity contribution in [2.45, 2.75) is 78.2 Å². The molecule has 1 saturated carbocycles. The second-order valence-corrected chi connectivity index (χ2v) is 11.6. The molecule has 0 amide bonds. The first-order valence-corrected chi connectivity index (χ1v) is 13.5. The van der Waals surface area contributed by atoms with Gasteiger partial charge in [0, 0.05) is 53.2 Å². The minimum absolute atomic E-state index is 0.146. The average Bonchev–Trinajstić information content (AvgIpc) is 3.35. The van der Waals surface area contributed by atoms with E-state index in [0.29, 0.717) is 30.5 Å². The Morgan fingerprint density at radius 2 is 2.06 bits per heavy atom. The molecule has 3 heterocycles. The summed E-state index contributed by atoms with van der Waals surface area (Å²) in [6.07, 6.45) is 8.19. The van der Waals surface area contributed by atoms with Gasteiger partial charge < -0.3 is 5.32 Å². The molecular formula is C26H34N6O2S. The van der Waals surface area contributed by atoms with Gasteiger partial charge in [0.25, 0.3) is 0 Å². The van der Waals surface area contributed by atoms with Gasteiger partial charge in [-0.3, -0.25) is 18.8 Å². The first kappa shape index (κ1) is 23.9. The molecule has 5 rings (SSSR count). The molecule has 0 unspecified atom stereocenters. The average molecular weight is 495 g/mol. The lowest BCUT2D eigenvalue weighted by Crippen LogP contribution is -2.20. The van der Waals surface area contributed by atoms with Crippen LogP contribution in [0.5, 0.6) is 0 Å². The fraction of sp³-hybridized carbons (Fsp3) is 0.577. The number of aryl methyl sites for hydroxylation is 3. The first-order valence-electron chi connectivity index (χ1n) is 12.7. The van der Waals surface area contributed by atoms with E-state index in [1.807, 2.05) is 20.0 Å². The van der Waals surface area contributed by atoms with Gasteiger partial charge in [-0.2, -0.15) is 5.10 Å². The van der Waals surface area contributed by atoms with Crippen LogP contribution in [0.3, 0.4) is 0 Å². The van der Waals surface area contributed by atoms with Gasteiger partial charge in [-0.25, -0.2) is 0 Å². The third-order valence-corrected chi connectivity index (χ3v) is 8.40. The Morgan fingerprint density at radius 3 is 2.74 bits per heavy atom. The Hall–Kier alpha value is -2.81. The number of carbonyl (C=O) groups excluding carboxylic acids is 2. The molecule has 2 aliphatic rings. The molecule has 0 radical (unpaired) electrons. The Labute approximate surface area is 210 Å². The number of hydrogen-bond donors (Lipinski definition) is 1. The summed E-state index contributed by atoms with van der Waals surface area (Å²) in [5.74, 6) is 2.71. The van der Waals surface area contributed by atoms with Gasteiger partial charge in [0.15, 0.2) is 5.78 Å². The number of nitrogens with one attached hydrogen (secondary N) is 1. The zero-order valence-corrected chi connectivity index (χ0v) is 21.8. The van der Waals surface area contributed by atoms with Crippen molar-refractivity contribution in [3.05, 3.63) is 39.0 Å². The minimum Gasteiger partial charge on any atom is -0.309 e. The predicted octanol–water partition coefficient (Wildman–Crippen LogP) is 5.00. The normalized spacial score (nSPS) is 17.6. The molecule has 35 heavy (non-hydrogen) atoms. The van der Waals surface area contributed by atoms with Crippen LogP contribution in [-0.4, -0.2) is 36.1 Å². The minimum atomic E-state index is 0.146. The van der Waals surface area contributed by atoms with Crippen LogP contribution in [0.15, 0.2) is 12.4 Å². The number of anilines is 2. The number of rotatable bonds is 10. The fourth-order valence-corrected chi connectivity index (χ4v) is 6.38. The van der Waals surface area contributed by atoms with Crippen LogP contribution in [0, 0.1) is 18.8 Å². The van der Waals surface area contributed by atoms with Crippen LogP contribution >= 0.6 is 11.3 Å².